The summed E-state index contributed by atoms with van der Waals surface area (Å²) in [6.07, 6.45) is 1.86. The Morgan fingerprint density at radius 2 is 1.96 bits per heavy atom. The zero-order chi connectivity index (χ0) is 18.8. The van der Waals surface area contributed by atoms with Crippen molar-refractivity contribution in [3.8, 4) is 5.75 Å². The summed E-state index contributed by atoms with van der Waals surface area (Å²) in [7, 11) is 0. The molecule has 0 aliphatic carbocycles. The number of hydrogen-bond acceptors (Lipinski definition) is 4. The van der Waals surface area contributed by atoms with Crippen molar-refractivity contribution in [2.45, 2.75) is 31.4 Å². The summed E-state index contributed by atoms with van der Waals surface area (Å²) in [5.41, 5.74) is 8.15. The van der Waals surface area contributed by atoms with Crippen molar-refractivity contribution >= 4 is 29.9 Å². The number of nitrogens with two attached hydrogens (primary N) is 1. The molecule has 2 aromatic rings. The van der Waals surface area contributed by atoms with Crippen LogP contribution in [-0.4, -0.2) is 41.9 Å². The highest BCUT2D eigenvalue weighted by molar-refractivity contribution is 5.98. The average Bonchev–Trinajstić information content (AvgIpc) is 3.12. The lowest BCUT2D eigenvalue weighted by atomic mass is 10.0. The van der Waals surface area contributed by atoms with Crippen LogP contribution in [-0.2, 0) is 11.2 Å². The van der Waals surface area contributed by atoms with E-state index in [1.54, 1.807) is 29.2 Å². The number of rotatable bonds is 3. The third kappa shape index (κ3) is 4.29. The third-order valence-electron chi connectivity index (χ3n) is 5.06. The molecule has 0 radical (unpaired) electrons. The molecule has 2 atom stereocenters. The van der Waals surface area contributed by atoms with Crippen LogP contribution in [0.3, 0.4) is 0 Å². The van der Waals surface area contributed by atoms with E-state index in [0.717, 1.165) is 30.7 Å². The first kappa shape index (κ1) is 20.2. The van der Waals surface area contributed by atoms with Gasteiger partial charge in [-0.15, -0.1) is 12.4 Å². The predicted octanol–water partition coefficient (Wildman–Crippen LogP) is 2.61. The molecule has 6 nitrogen and oxygen atoms in total. The molecule has 1 saturated heterocycles. The Labute approximate surface area is 170 Å². The Bertz CT molecular complexity index is 848. The molecule has 2 unspecified atom stereocenters. The lowest BCUT2D eigenvalue weighted by Gasteiger charge is -2.30. The van der Waals surface area contributed by atoms with E-state index >= 15 is 0 Å². The van der Waals surface area contributed by atoms with Gasteiger partial charge in [-0.2, -0.15) is 0 Å². The van der Waals surface area contributed by atoms with Gasteiger partial charge in [0.1, 0.15) is 5.75 Å². The fraction of sp³-hybridized carbons (Fsp3) is 0.333. The molecule has 0 aromatic heterocycles. The quantitative estimate of drug-likeness (QED) is 0.827. The molecule has 0 saturated carbocycles. The molecule has 7 heteroatoms. The van der Waals surface area contributed by atoms with Gasteiger partial charge >= 0.3 is 0 Å². The Morgan fingerprint density at radius 3 is 2.75 bits per heavy atom. The van der Waals surface area contributed by atoms with Gasteiger partial charge < -0.3 is 20.7 Å². The Hall–Kier alpha value is -2.57. The number of ether oxygens (including phenoxy) is 1. The number of nitrogens with zero attached hydrogens (tertiary/aromatic N) is 1. The Balaban J connectivity index is 0.00000225. The number of benzene rings is 2. The van der Waals surface area contributed by atoms with Crippen LogP contribution < -0.4 is 15.8 Å². The predicted molar refractivity (Wildman–Crippen MR) is 110 cm³/mol. The van der Waals surface area contributed by atoms with Crippen molar-refractivity contribution in [3.63, 3.8) is 0 Å². The molecule has 0 bridgehead atoms. The van der Waals surface area contributed by atoms with Crippen molar-refractivity contribution in [1.29, 1.82) is 0 Å². The van der Waals surface area contributed by atoms with Crippen LogP contribution >= 0.6 is 12.4 Å². The van der Waals surface area contributed by atoms with Gasteiger partial charge in [0.15, 0.2) is 6.10 Å². The second-order valence-corrected chi connectivity index (χ2v) is 7.14. The summed E-state index contributed by atoms with van der Waals surface area (Å²) in [5.74, 6) is 0.490. The van der Waals surface area contributed by atoms with E-state index in [1.807, 2.05) is 24.3 Å². The highest BCUT2D eigenvalue weighted by Gasteiger charge is 2.29. The number of fused-ring (bicyclic) bond motifs is 1. The SMILES string of the molecule is Cl.NC1CCCN(C(=O)c2cccc(NC(=O)C3Cc4ccccc4O3)c2)C1. The fourth-order valence-corrected chi connectivity index (χ4v) is 3.66. The molecular weight excluding hydrogens is 378 g/mol. The van der Waals surface area contributed by atoms with Gasteiger partial charge in [-0.05, 0) is 42.7 Å². The average molecular weight is 402 g/mol. The molecule has 28 heavy (non-hydrogen) atoms. The van der Waals surface area contributed by atoms with Crippen LogP contribution in [0.2, 0.25) is 0 Å². The molecule has 0 spiro atoms. The minimum Gasteiger partial charge on any atom is -0.480 e. The van der Waals surface area contributed by atoms with E-state index in [1.165, 1.54) is 0 Å². The summed E-state index contributed by atoms with van der Waals surface area (Å²) in [4.78, 5) is 27.1. The number of hydrogen-bond donors (Lipinski definition) is 2. The minimum atomic E-state index is -0.554. The standard InChI is InChI=1S/C21H23N3O3.ClH/c22-16-7-4-10-24(13-16)21(26)15-6-3-8-17(11-15)23-20(25)19-12-14-5-1-2-9-18(14)27-19;/h1-3,5-6,8-9,11,16,19H,4,7,10,12-13,22H2,(H,23,25);1H. The molecule has 2 amide bonds. The summed E-state index contributed by atoms with van der Waals surface area (Å²) in [6.45, 7) is 1.29. The van der Waals surface area contributed by atoms with Gasteiger partial charge in [0.25, 0.3) is 11.8 Å². The molecular formula is C21H24ClN3O3. The monoisotopic (exact) mass is 401 g/mol. The normalized spacial score (nSPS) is 20.5. The van der Waals surface area contributed by atoms with E-state index < -0.39 is 6.10 Å². The number of piperidine rings is 1. The second-order valence-electron chi connectivity index (χ2n) is 7.14. The van der Waals surface area contributed by atoms with Gasteiger partial charge in [0.2, 0.25) is 0 Å². The fourth-order valence-electron chi connectivity index (χ4n) is 3.66. The third-order valence-corrected chi connectivity index (χ3v) is 5.06. The van der Waals surface area contributed by atoms with Crippen LogP contribution in [0.5, 0.6) is 5.75 Å². The van der Waals surface area contributed by atoms with Crippen LogP contribution in [0, 0.1) is 0 Å². The zero-order valence-corrected chi connectivity index (χ0v) is 16.3. The Kier molecular flexibility index (Phi) is 6.21. The number of nitrogens with one attached hydrogen (secondary N) is 1. The van der Waals surface area contributed by atoms with Crippen molar-refractivity contribution in [1.82, 2.24) is 4.90 Å². The van der Waals surface area contributed by atoms with E-state index in [9.17, 15) is 9.59 Å². The number of anilines is 1. The maximum atomic E-state index is 12.7. The van der Waals surface area contributed by atoms with Crippen LogP contribution in [0.25, 0.3) is 0 Å². The van der Waals surface area contributed by atoms with Crippen LogP contribution in [0.15, 0.2) is 48.5 Å². The van der Waals surface area contributed by atoms with Gasteiger partial charge in [-0.25, -0.2) is 0 Å². The molecule has 2 heterocycles. The van der Waals surface area contributed by atoms with Crippen molar-refractivity contribution in [2.75, 3.05) is 18.4 Å². The largest absolute Gasteiger partial charge is 0.480 e. The Morgan fingerprint density at radius 1 is 1.14 bits per heavy atom. The highest BCUT2D eigenvalue weighted by atomic mass is 35.5. The van der Waals surface area contributed by atoms with Crippen molar-refractivity contribution in [3.05, 3.63) is 59.7 Å². The first-order chi connectivity index (χ1) is 13.1. The van der Waals surface area contributed by atoms with E-state index in [-0.39, 0.29) is 30.3 Å². The van der Waals surface area contributed by atoms with Gasteiger partial charge in [-0.1, -0.05) is 24.3 Å². The second kappa shape index (κ2) is 8.63. The van der Waals surface area contributed by atoms with Crippen LogP contribution in [0.4, 0.5) is 5.69 Å². The molecule has 1 fully saturated rings. The number of para-hydroxylation sites is 1. The van der Waals surface area contributed by atoms with Crippen molar-refractivity contribution < 1.29 is 14.3 Å². The molecule has 148 valence electrons. The van der Waals surface area contributed by atoms with Crippen LogP contribution in [0.1, 0.15) is 28.8 Å². The van der Waals surface area contributed by atoms with E-state index in [4.69, 9.17) is 10.5 Å². The number of halogens is 1. The first-order valence-corrected chi connectivity index (χ1v) is 9.30. The number of likely N-dealkylation sites (tertiary alicyclic amines) is 1. The molecule has 3 N–H and O–H groups in total. The maximum absolute atomic E-state index is 12.7. The minimum absolute atomic E-state index is 0. The molecule has 2 aromatic carbocycles. The summed E-state index contributed by atoms with van der Waals surface area (Å²) in [6, 6.07) is 14.7. The summed E-state index contributed by atoms with van der Waals surface area (Å²) >= 11 is 0. The van der Waals surface area contributed by atoms with Crippen molar-refractivity contribution in [2.24, 2.45) is 5.73 Å². The number of carbonyl (C=O) groups excluding carboxylic acids is 2. The summed E-state index contributed by atoms with van der Waals surface area (Å²) < 4.78 is 5.72. The van der Waals surface area contributed by atoms with Gasteiger partial charge in [-0.3, -0.25) is 9.59 Å². The summed E-state index contributed by atoms with van der Waals surface area (Å²) in [5, 5.41) is 2.87. The topological polar surface area (TPSA) is 84.7 Å². The van der Waals surface area contributed by atoms with Gasteiger partial charge in [0.05, 0.1) is 0 Å². The van der Waals surface area contributed by atoms with Gasteiger partial charge in [0, 0.05) is 36.8 Å². The highest BCUT2D eigenvalue weighted by Crippen LogP contribution is 2.28. The number of carbonyl (C=O) groups is 2. The maximum Gasteiger partial charge on any atom is 0.265 e. The number of amides is 2. The lowest BCUT2D eigenvalue weighted by molar-refractivity contribution is -0.122. The molecule has 4 rings (SSSR count). The lowest BCUT2D eigenvalue weighted by Crippen LogP contribution is -2.45. The molecule has 2 aliphatic heterocycles. The van der Waals surface area contributed by atoms with E-state index in [0.29, 0.717) is 24.2 Å². The molecule has 2 aliphatic rings. The smallest absolute Gasteiger partial charge is 0.265 e. The van der Waals surface area contributed by atoms with E-state index in [2.05, 4.69) is 5.32 Å². The first-order valence-electron chi connectivity index (χ1n) is 9.30. The zero-order valence-electron chi connectivity index (χ0n) is 15.5.